The van der Waals surface area contributed by atoms with Gasteiger partial charge in [0.05, 0.1) is 17.1 Å². The van der Waals surface area contributed by atoms with E-state index >= 15 is 0 Å². The molecule has 0 aliphatic heterocycles. The number of aryl methyl sites for hydroxylation is 1. The molecule has 2 aromatic carbocycles. The molecule has 0 saturated heterocycles. The van der Waals surface area contributed by atoms with Crippen molar-refractivity contribution in [2.45, 2.75) is 19.1 Å². The van der Waals surface area contributed by atoms with Crippen molar-refractivity contribution in [3.05, 3.63) is 71.4 Å². The van der Waals surface area contributed by atoms with E-state index in [2.05, 4.69) is 5.10 Å². The standard InChI is InChI=1S/C18H17F2N3O2S/c1-12-2-6-14(7-3-12)17-10-16(18(19)20)22-23(17)15-8-4-13(5-9-15)11-26(21,24)25/h2-10,18H,11H2,1H3,(H2,21,24,25). The topological polar surface area (TPSA) is 78.0 Å². The fourth-order valence-corrected chi connectivity index (χ4v) is 3.26. The van der Waals surface area contributed by atoms with E-state index in [1.165, 1.54) is 10.7 Å². The van der Waals surface area contributed by atoms with E-state index in [4.69, 9.17) is 5.14 Å². The minimum absolute atomic E-state index is 0.292. The minimum atomic E-state index is -3.64. The van der Waals surface area contributed by atoms with E-state index in [0.717, 1.165) is 11.1 Å². The SMILES string of the molecule is Cc1ccc(-c2cc(C(F)F)nn2-c2ccc(CS(N)(=O)=O)cc2)cc1. The molecule has 0 aliphatic rings. The first-order chi connectivity index (χ1) is 12.2. The third-order valence-electron chi connectivity index (χ3n) is 3.85. The first kappa shape index (κ1) is 18.2. The molecule has 3 aromatic rings. The summed E-state index contributed by atoms with van der Waals surface area (Å²) in [5, 5.41) is 9.04. The lowest BCUT2D eigenvalue weighted by Crippen LogP contribution is -2.14. The van der Waals surface area contributed by atoms with Crippen molar-refractivity contribution in [3.63, 3.8) is 0 Å². The van der Waals surface area contributed by atoms with E-state index in [9.17, 15) is 17.2 Å². The maximum atomic E-state index is 13.1. The molecule has 136 valence electrons. The van der Waals surface area contributed by atoms with Crippen LogP contribution in [0.5, 0.6) is 0 Å². The van der Waals surface area contributed by atoms with Crippen LogP contribution in [0.25, 0.3) is 16.9 Å². The third kappa shape index (κ3) is 4.14. The summed E-state index contributed by atoms with van der Waals surface area (Å²) in [6.45, 7) is 1.94. The maximum Gasteiger partial charge on any atom is 0.282 e. The molecule has 0 saturated carbocycles. The number of halogens is 2. The molecule has 1 aromatic heterocycles. The number of benzene rings is 2. The molecule has 0 bridgehead atoms. The lowest BCUT2D eigenvalue weighted by molar-refractivity contribution is 0.145. The van der Waals surface area contributed by atoms with Gasteiger partial charge in [-0.15, -0.1) is 0 Å². The van der Waals surface area contributed by atoms with Crippen LogP contribution < -0.4 is 5.14 Å². The molecule has 3 rings (SSSR count). The van der Waals surface area contributed by atoms with Gasteiger partial charge in [-0.3, -0.25) is 0 Å². The van der Waals surface area contributed by atoms with Gasteiger partial charge in [0.25, 0.3) is 6.43 Å². The number of nitrogens with zero attached hydrogens (tertiary/aromatic N) is 2. The van der Waals surface area contributed by atoms with Crippen LogP contribution in [0, 0.1) is 6.92 Å². The number of hydrogen-bond acceptors (Lipinski definition) is 3. The highest BCUT2D eigenvalue weighted by Crippen LogP contribution is 2.28. The van der Waals surface area contributed by atoms with E-state index in [0.29, 0.717) is 16.9 Å². The molecule has 0 atom stereocenters. The molecule has 0 unspecified atom stereocenters. The molecule has 0 radical (unpaired) electrons. The second-order valence-corrected chi connectivity index (χ2v) is 7.62. The van der Waals surface area contributed by atoms with E-state index in [1.807, 2.05) is 31.2 Å². The molecule has 8 heteroatoms. The van der Waals surface area contributed by atoms with Gasteiger partial charge in [0.15, 0.2) is 0 Å². The minimum Gasteiger partial charge on any atom is -0.233 e. The molecular formula is C18H17F2N3O2S. The molecular weight excluding hydrogens is 360 g/mol. The van der Waals surface area contributed by atoms with Gasteiger partial charge in [0, 0.05) is 5.56 Å². The van der Waals surface area contributed by atoms with E-state index in [-0.39, 0.29) is 11.4 Å². The number of nitrogens with two attached hydrogens (primary N) is 1. The van der Waals surface area contributed by atoms with Crippen molar-refractivity contribution in [2.24, 2.45) is 5.14 Å². The lowest BCUT2D eigenvalue weighted by Gasteiger charge is -2.09. The van der Waals surface area contributed by atoms with Crippen molar-refractivity contribution >= 4 is 10.0 Å². The Balaban J connectivity index is 2.04. The molecule has 1 heterocycles. The third-order valence-corrected chi connectivity index (χ3v) is 4.58. The second-order valence-electron chi connectivity index (χ2n) is 6.01. The summed E-state index contributed by atoms with van der Waals surface area (Å²) in [4.78, 5) is 0. The Hall–Kier alpha value is -2.58. The van der Waals surface area contributed by atoms with Crippen molar-refractivity contribution in [1.82, 2.24) is 9.78 Å². The van der Waals surface area contributed by atoms with Crippen molar-refractivity contribution in [2.75, 3.05) is 0 Å². The first-order valence-corrected chi connectivity index (χ1v) is 9.49. The largest absolute Gasteiger partial charge is 0.282 e. The van der Waals surface area contributed by atoms with Crippen molar-refractivity contribution < 1.29 is 17.2 Å². The summed E-state index contributed by atoms with van der Waals surface area (Å²) in [6.07, 6.45) is -2.69. The highest BCUT2D eigenvalue weighted by Gasteiger charge is 2.18. The number of rotatable bonds is 5. The van der Waals surface area contributed by atoms with Crippen LogP contribution >= 0.6 is 0 Å². The molecule has 0 amide bonds. The van der Waals surface area contributed by atoms with Crippen molar-refractivity contribution in [3.8, 4) is 16.9 Å². The Bertz CT molecular complexity index is 1010. The zero-order chi connectivity index (χ0) is 18.9. The molecule has 26 heavy (non-hydrogen) atoms. The molecule has 2 N–H and O–H groups in total. The van der Waals surface area contributed by atoms with E-state index in [1.54, 1.807) is 24.3 Å². The molecule has 0 spiro atoms. The number of hydrogen-bond donors (Lipinski definition) is 1. The zero-order valence-corrected chi connectivity index (χ0v) is 14.7. The fourth-order valence-electron chi connectivity index (χ4n) is 2.60. The van der Waals surface area contributed by atoms with Crippen LogP contribution in [0.15, 0.2) is 54.6 Å². The Morgan fingerprint density at radius 3 is 2.23 bits per heavy atom. The monoisotopic (exact) mass is 377 g/mol. The van der Waals surface area contributed by atoms with Gasteiger partial charge in [-0.2, -0.15) is 5.10 Å². The van der Waals surface area contributed by atoms with Crippen LogP contribution in [0.4, 0.5) is 8.78 Å². The van der Waals surface area contributed by atoms with Crippen LogP contribution in [-0.4, -0.2) is 18.2 Å². The van der Waals surface area contributed by atoms with Crippen molar-refractivity contribution in [1.29, 1.82) is 0 Å². The van der Waals surface area contributed by atoms with Gasteiger partial charge in [-0.25, -0.2) is 27.0 Å². The summed E-state index contributed by atoms with van der Waals surface area (Å²) in [7, 11) is -3.64. The quantitative estimate of drug-likeness (QED) is 0.738. The molecule has 0 aliphatic carbocycles. The smallest absolute Gasteiger partial charge is 0.233 e. The van der Waals surface area contributed by atoms with E-state index < -0.39 is 16.4 Å². The number of aromatic nitrogens is 2. The normalized spacial score (nSPS) is 11.9. The summed E-state index contributed by atoms with van der Waals surface area (Å²) >= 11 is 0. The van der Waals surface area contributed by atoms with Gasteiger partial charge >= 0.3 is 0 Å². The lowest BCUT2D eigenvalue weighted by atomic mass is 10.1. The number of sulfonamides is 1. The number of primary sulfonamides is 1. The molecule has 5 nitrogen and oxygen atoms in total. The van der Waals surface area contributed by atoms with Gasteiger partial charge in [0.1, 0.15) is 5.69 Å². The Labute approximate surface area is 150 Å². The maximum absolute atomic E-state index is 13.1. The van der Waals surface area contributed by atoms with Gasteiger partial charge < -0.3 is 0 Å². The van der Waals surface area contributed by atoms with Crippen LogP contribution in [0.2, 0.25) is 0 Å². The average Bonchev–Trinajstić information content (AvgIpc) is 3.00. The Morgan fingerprint density at radius 1 is 1.08 bits per heavy atom. The zero-order valence-electron chi connectivity index (χ0n) is 13.9. The van der Waals surface area contributed by atoms with Gasteiger partial charge in [-0.05, 0) is 30.7 Å². The Morgan fingerprint density at radius 2 is 1.69 bits per heavy atom. The second kappa shape index (κ2) is 6.97. The fraction of sp³-hybridized carbons (Fsp3) is 0.167. The summed E-state index contributed by atoms with van der Waals surface area (Å²) in [5.41, 5.74) is 3.07. The summed E-state index contributed by atoms with van der Waals surface area (Å²) in [5.74, 6) is -0.292. The first-order valence-electron chi connectivity index (χ1n) is 7.78. The summed E-state index contributed by atoms with van der Waals surface area (Å²) < 4.78 is 50.1. The van der Waals surface area contributed by atoms with Gasteiger partial charge in [-0.1, -0.05) is 42.0 Å². The predicted molar refractivity (Wildman–Crippen MR) is 95.5 cm³/mol. The Kier molecular flexibility index (Phi) is 4.88. The van der Waals surface area contributed by atoms with Crippen LogP contribution in [-0.2, 0) is 15.8 Å². The predicted octanol–water partition coefficient (Wildman–Crippen LogP) is 3.57. The van der Waals surface area contributed by atoms with Crippen LogP contribution in [0.3, 0.4) is 0 Å². The average molecular weight is 377 g/mol. The number of alkyl halides is 2. The highest BCUT2D eigenvalue weighted by molar-refractivity contribution is 7.88. The van der Waals surface area contributed by atoms with Crippen LogP contribution in [0.1, 0.15) is 23.2 Å². The molecule has 0 fully saturated rings. The van der Waals surface area contributed by atoms with Gasteiger partial charge in [0.2, 0.25) is 10.0 Å². The summed E-state index contributed by atoms with van der Waals surface area (Å²) in [6, 6.07) is 15.2. The highest BCUT2D eigenvalue weighted by atomic mass is 32.2.